The molecule has 2 N–H and O–H groups in total. The molecular formula is C21H21N5O3. The predicted molar refractivity (Wildman–Crippen MR) is 108 cm³/mol. The molecule has 1 aromatic carbocycles. The lowest BCUT2D eigenvalue weighted by Crippen LogP contribution is -2.25. The minimum Gasteiger partial charge on any atom is -0.382 e. The number of aromatic nitrogens is 3. The number of ether oxygens (including phenoxy) is 1. The Morgan fingerprint density at radius 3 is 2.72 bits per heavy atom. The Bertz CT molecular complexity index is 1060. The number of benzene rings is 1. The molecule has 0 bridgehead atoms. The Labute approximate surface area is 167 Å². The summed E-state index contributed by atoms with van der Waals surface area (Å²) in [7, 11) is 0. The lowest BCUT2D eigenvalue weighted by Gasteiger charge is -2.06. The Hall–Kier alpha value is -3.70. The van der Waals surface area contributed by atoms with Crippen LogP contribution in [0.4, 0.5) is 0 Å². The molecule has 2 aromatic heterocycles. The van der Waals surface area contributed by atoms with E-state index in [1.165, 1.54) is 10.9 Å². The number of pyridine rings is 1. The molecule has 8 heteroatoms. The van der Waals surface area contributed by atoms with Crippen molar-refractivity contribution in [3.05, 3.63) is 70.3 Å². The fourth-order valence-corrected chi connectivity index (χ4v) is 2.73. The molecule has 2 heterocycles. The number of hydrogen-bond donors (Lipinski definition) is 2. The van der Waals surface area contributed by atoms with E-state index in [2.05, 4.69) is 15.4 Å². The fourth-order valence-electron chi connectivity index (χ4n) is 2.73. The largest absolute Gasteiger partial charge is 0.382 e. The van der Waals surface area contributed by atoms with Gasteiger partial charge in [0, 0.05) is 32.2 Å². The summed E-state index contributed by atoms with van der Waals surface area (Å²) >= 11 is 0. The number of aromatic amines is 1. The Morgan fingerprint density at radius 2 is 2.07 bits per heavy atom. The maximum absolute atomic E-state index is 12.3. The van der Waals surface area contributed by atoms with Gasteiger partial charge in [-0.25, -0.2) is 9.67 Å². The van der Waals surface area contributed by atoms with Gasteiger partial charge in [-0.15, -0.1) is 0 Å². The highest BCUT2D eigenvalue weighted by Crippen LogP contribution is 2.17. The molecule has 29 heavy (non-hydrogen) atoms. The number of hydrogen-bond acceptors (Lipinski definition) is 5. The van der Waals surface area contributed by atoms with Crippen LogP contribution in [0.25, 0.3) is 16.9 Å². The molecule has 0 spiro atoms. The monoisotopic (exact) mass is 391 g/mol. The van der Waals surface area contributed by atoms with E-state index in [4.69, 9.17) is 10.00 Å². The highest BCUT2D eigenvalue weighted by Gasteiger charge is 2.10. The van der Waals surface area contributed by atoms with Gasteiger partial charge >= 0.3 is 0 Å². The number of H-pyrrole nitrogens is 1. The maximum atomic E-state index is 12.3. The molecule has 3 rings (SSSR count). The summed E-state index contributed by atoms with van der Waals surface area (Å²) in [5.41, 5.74) is 1.86. The Balaban J connectivity index is 1.69. The average Bonchev–Trinajstić information content (AvgIpc) is 3.15. The number of amides is 1. The van der Waals surface area contributed by atoms with E-state index in [-0.39, 0.29) is 11.5 Å². The molecule has 0 saturated carbocycles. The normalized spacial score (nSPS) is 10.5. The molecule has 1 amide bonds. The van der Waals surface area contributed by atoms with Gasteiger partial charge in [0.25, 0.3) is 11.5 Å². The Kier molecular flexibility index (Phi) is 6.55. The third kappa shape index (κ3) is 4.97. The van der Waals surface area contributed by atoms with Crippen LogP contribution in [0.3, 0.4) is 0 Å². The number of rotatable bonds is 8. The van der Waals surface area contributed by atoms with Crippen LogP contribution in [-0.4, -0.2) is 40.4 Å². The van der Waals surface area contributed by atoms with Crippen LogP contribution < -0.4 is 10.9 Å². The van der Waals surface area contributed by atoms with E-state index in [0.717, 1.165) is 6.42 Å². The van der Waals surface area contributed by atoms with Gasteiger partial charge in [-0.2, -0.15) is 5.26 Å². The van der Waals surface area contributed by atoms with Gasteiger partial charge < -0.3 is 10.1 Å². The maximum Gasteiger partial charge on any atom is 0.272 e. The van der Waals surface area contributed by atoms with Gasteiger partial charge in [-0.1, -0.05) is 12.1 Å². The molecule has 0 unspecified atom stereocenters. The van der Waals surface area contributed by atoms with Crippen LogP contribution in [0, 0.1) is 11.3 Å². The summed E-state index contributed by atoms with van der Waals surface area (Å²) in [5, 5.41) is 14.4. The first-order valence-corrected chi connectivity index (χ1v) is 9.27. The van der Waals surface area contributed by atoms with Gasteiger partial charge in [0.1, 0.15) is 0 Å². The van der Waals surface area contributed by atoms with E-state index in [0.29, 0.717) is 47.8 Å². The van der Waals surface area contributed by atoms with Crippen LogP contribution in [0.15, 0.2) is 53.6 Å². The standard InChI is InChI=1S/C21H21N5O3/c1-2-29-11-3-10-23-20(27)17-8-9-19(24-13-17)26-14-18(21(28)25-26)16-6-4-15(12-22)5-7-16/h4-9,13-14H,2-3,10-11H2,1H3,(H,23,27)(H,25,28). The lowest BCUT2D eigenvalue weighted by atomic mass is 10.1. The summed E-state index contributed by atoms with van der Waals surface area (Å²) in [6, 6.07) is 12.1. The molecule has 8 nitrogen and oxygen atoms in total. The van der Waals surface area contributed by atoms with Crippen molar-refractivity contribution in [1.29, 1.82) is 5.26 Å². The highest BCUT2D eigenvalue weighted by molar-refractivity contribution is 5.93. The van der Waals surface area contributed by atoms with Gasteiger partial charge in [0.05, 0.1) is 22.8 Å². The number of nitrogens with zero attached hydrogens (tertiary/aromatic N) is 3. The zero-order valence-corrected chi connectivity index (χ0v) is 16.0. The highest BCUT2D eigenvalue weighted by atomic mass is 16.5. The summed E-state index contributed by atoms with van der Waals surface area (Å²) < 4.78 is 6.73. The molecule has 0 saturated heterocycles. The number of nitrogens with one attached hydrogen (secondary N) is 2. The lowest BCUT2D eigenvalue weighted by molar-refractivity contribution is 0.0944. The van der Waals surface area contributed by atoms with Gasteiger partial charge in [0.15, 0.2) is 5.82 Å². The zero-order valence-electron chi connectivity index (χ0n) is 16.0. The van der Waals surface area contributed by atoms with Crippen molar-refractivity contribution in [2.45, 2.75) is 13.3 Å². The first-order valence-electron chi connectivity index (χ1n) is 9.27. The summed E-state index contributed by atoms with van der Waals surface area (Å²) in [6.45, 7) is 3.72. The van der Waals surface area contributed by atoms with Gasteiger partial charge in [-0.3, -0.25) is 14.7 Å². The van der Waals surface area contributed by atoms with Crippen molar-refractivity contribution in [2.75, 3.05) is 19.8 Å². The van der Waals surface area contributed by atoms with Crippen LogP contribution in [0.1, 0.15) is 29.3 Å². The molecule has 0 aliphatic heterocycles. The second-order valence-electron chi connectivity index (χ2n) is 6.25. The van der Waals surface area contributed by atoms with Crippen LogP contribution in [0.2, 0.25) is 0 Å². The second kappa shape index (κ2) is 9.48. The van der Waals surface area contributed by atoms with Crippen molar-refractivity contribution in [3.63, 3.8) is 0 Å². The molecule has 0 fully saturated rings. The minimum absolute atomic E-state index is 0.209. The van der Waals surface area contributed by atoms with Gasteiger partial charge in [-0.05, 0) is 43.2 Å². The van der Waals surface area contributed by atoms with Crippen LogP contribution in [0.5, 0.6) is 0 Å². The summed E-state index contributed by atoms with van der Waals surface area (Å²) in [5.74, 6) is 0.273. The SMILES string of the molecule is CCOCCCNC(=O)c1ccc(-n2cc(-c3ccc(C#N)cc3)c(=O)[nH]2)nc1. The molecule has 0 radical (unpaired) electrons. The molecular weight excluding hydrogens is 370 g/mol. The third-order valence-corrected chi connectivity index (χ3v) is 4.26. The minimum atomic E-state index is -0.271. The van der Waals surface area contributed by atoms with Gasteiger partial charge in [0.2, 0.25) is 0 Å². The topological polar surface area (TPSA) is 113 Å². The zero-order chi connectivity index (χ0) is 20.6. The van der Waals surface area contributed by atoms with Crippen molar-refractivity contribution < 1.29 is 9.53 Å². The van der Waals surface area contributed by atoms with E-state index >= 15 is 0 Å². The number of carbonyl (C=O) groups is 1. The number of nitriles is 1. The quantitative estimate of drug-likeness (QED) is 0.572. The Morgan fingerprint density at radius 1 is 1.28 bits per heavy atom. The molecule has 3 aromatic rings. The third-order valence-electron chi connectivity index (χ3n) is 4.26. The summed E-state index contributed by atoms with van der Waals surface area (Å²) in [4.78, 5) is 28.7. The summed E-state index contributed by atoms with van der Waals surface area (Å²) in [6.07, 6.45) is 3.85. The van der Waals surface area contributed by atoms with Crippen LogP contribution in [-0.2, 0) is 4.74 Å². The smallest absolute Gasteiger partial charge is 0.272 e. The number of carbonyl (C=O) groups excluding carboxylic acids is 1. The second-order valence-corrected chi connectivity index (χ2v) is 6.25. The fraction of sp³-hybridized carbons (Fsp3) is 0.238. The molecule has 0 atom stereocenters. The van der Waals surface area contributed by atoms with E-state index in [9.17, 15) is 9.59 Å². The van der Waals surface area contributed by atoms with E-state index < -0.39 is 0 Å². The average molecular weight is 391 g/mol. The van der Waals surface area contributed by atoms with E-state index in [1.54, 1.807) is 42.6 Å². The molecule has 0 aliphatic carbocycles. The van der Waals surface area contributed by atoms with Crippen molar-refractivity contribution >= 4 is 5.91 Å². The first-order chi connectivity index (χ1) is 14.1. The van der Waals surface area contributed by atoms with Crippen molar-refractivity contribution in [1.82, 2.24) is 20.1 Å². The first kappa shape index (κ1) is 20.0. The predicted octanol–water partition coefficient (Wildman–Crippen LogP) is 2.26. The molecule has 148 valence electrons. The van der Waals surface area contributed by atoms with Crippen molar-refractivity contribution in [2.24, 2.45) is 0 Å². The molecule has 0 aliphatic rings. The van der Waals surface area contributed by atoms with E-state index in [1.807, 2.05) is 13.0 Å². The van der Waals surface area contributed by atoms with Crippen molar-refractivity contribution in [3.8, 4) is 23.0 Å². The van der Waals surface area contributed by atoms with Crippen LogP contribution >= 0.6 is 0 Å².